The molecule has 0 aliphatic carbocycles. The van der Waals surface area contributed by atoms with Gasteiger partial charge in [0.2, 0.25) is 0 Å². The number of nitrogens with zero attached hydrogens (tertiary/aromatic N) is 1. The maximum absolute atomic E-state index is 12.5. The third-order valence-corrected chi connectivity index (χ3v) is 5.16. The number of carbonyl (C=O) groups excluding carboxylic acids is 3. The predicted octanol–water partition coefficient (Wildman–Crippen LogP) is 3.76. The zero-order valence-corrected chi connectivity index (χ0v) is 16.9. The molecule has 1 atom stereocenters. The summed E-state index contributed by atoms with van der Waals surface area (Å²) in [4.78, 5) is 38.9. The summed E-state index contributed by atoms with van der Waals surface area (Å²) in [5, 5.41) is 3.29. The lowest BCUT2D eigenvalue weighted by molar-refractivity contribution is -0.158. The fourth-order valence-corrected chi connectivity index (χ4v) is 3.31. The van der Waals surface area contributed by atoms with Crippen LogP contribution < -0.4 is 5.32 Å². The Labute approximate surface area is 174 Å². The summed E-state index contributed by atoms with van der Waals surface area (Å²) < 4.78 is 5.35. The van der Waals surface area contributed by atoms with Crippen molar-refractivity contribution in [2.24, 2.45) is 5.92 Å². The van der Waals surface area contributed by atoms with Crippen LogP contribution in [0.3, 0.4) is 0 Å². The highest BCUT2D eigenvalue weighted by atomic mass is 35.5. The molecule has 7 heteroatoms. The lowest BCUT2D eigenvalue weighted by atomic mass is 9.96. The Balaban J connectivity index is 1.47. The minimum atomic E-state index is -0.892. The standard InChI is InChI=1S/C22H23ClN2O4/c1-15(20(26)24-19-5-3-2-4-6-19)29-22(28)17-11-13-25(14-12-17)21(27)16-7-9-18(23)10-8-16/h2-10,15,17H,11-14H2,1H3,(H,24,26)/t15-/m1/s1. The third kappa shape index (κ3) is 5.57. The van der Waals surface area contributed by atoms with Crippen LogP contribution in [0, 0.1) is 5.92 Å². The van der Waals surface area contributed by atoms with Crippen molar-refractivity contribution >= 4 is 35.1 Å². The summed E-state index contributed by atoms with van der Waals surface area (Å²) in [5.74, 6) is -1.18. The van der Waals surface area contributed by atoms with Gasteiger partial charge in [0.25, 0.3) is 11.8 Å². The number of amides is 2. The lowest BCUT2D eigenvalue weighted by Gasteiger charge is -2.31. The number of hydrogen-bond acceptors (Lipinski definition) is 4. The molecule has 0 saturated carbocycles. The first-order chi connectivity index (χ1) is 13.9. The van der Waals surface area contributed by atoms with Gasteiger partial charge in [0.1, 0.15) is 0 Å². The monoisotopic (exact) mass is 414 g/mol. The number of para-hydroxylation sites is 1. The molecule has 3 rings (SSSR count). The van der Waals surface area contributed by atoms with E-state index in [0.29, 0.717) is 42.2 Å². The topological polar surface area (TPSA) is 75.7 Å². The van der Waals surface area contributed by atoms with Gasteiger partial charge in [-0.05, 0) is 56.2 Å². The minimum absolute atomic E-state index is 0.0795. The lowest BCUT2D eigenvalue weighted by Crippen LogP contribution is -2.41. The Morgan fingerprint density at radius 1 is 1.03 bits per heavy atom. The Hall–Kier alpha value is -2.86. The van der Waals surface area contributed by atoms with E-state index in [0.717, 1.165) is 0 Å². The smallest absolute Gasteiger partial charge is 0.309 e. The van der Waals surface area contributed by atoms with Crippen LogP contribution >= 0.6 is 11.6 Å². The number of anilines is 1. The number of nitrogens with one attached hydrogen (secondary N) is 1. The SMILES string of the molecule is C[C@@H](OC(=O)C1CCN(C(=O)c2ccc(Cl)cc2)CC1)C(=O)Nc1ccccc1. The van der Waals surface area contributed by atoms with Crippen molar-refractivity contribution < 1.29 is 19.1 Å². The van der Waals surface area contributed by atoms with Crippen LogP contribution in [0.25, 0.3) is 0 Å². The van der Waals surface area contributed by atoms with Crippen molar-refractivity contribution in [2.45, 2.75) is 25.9 Å². The number of halogens is 1. The highest BCUT2D eigenvalue weighted by Gasteiger charge is 2.30. The van der Waals surface area contributed by atoms with Gasteiger partial charge in [-0.1, -0.05) is 29.8 Å². The zero-order valence-electron chi connectivity index (χ0n) is 16.1. The summed E-state index contributed by atoms with van der Waals surface area (Å²) in [5.41, 5.74) is 1.22. The molecule has 6 nitrogen and oxygen atoms in total. The first-order valence-corrected chi connectivity index (χ1v) is 9.93. The largest absolute Gasteiger partial charge is 0.452 e. The van der Waals surface area contributed by atoms with Crippen molar-refractivity contribution in [3.63, 3.8) is 0 Å². The molecule has 29 heavy (non-hydrogen) atoms. The quantitative estimate of drug-likeness (QED) is 0.756. The molecule has 2 aromatic carbocycles. The molecule has 1 heterocycles. The van der Waals surface area contributed by atoms with E-state index in [1.54, 1.807) is 48.2 Å². The van der Waals surface area contributed by atoms with Gasteiger partial charge in [0.15, 0.2) is 6.10 Å². The number of likely N-dealkylation sites (tertiary alicyclic amines) is 1. The van der Waals surface area contributed by atoms with Gasteiger partial charge in [-0.15, -0.1) is 0 Å². The highest BCUT2D eigenvalue weighted by molar-refractivity contribution is 6.30. The Morgan fingerprint density at radius 2 is 1.66 bits per heavy atom. The van der Waals surface area contributed by atoms with E-state index in [2.05, 4.69) is 5.32 Å². The Kier molecular flexibility index (Phi) is 6.88. The van der Waals surface area contributed by atoms with Gasteiger partial charge in [0, 0.05) is 29.4 Å². The first-order valence-electron chi connectivity index (χ1n) is 9.55. The van der Waals surface area contributed by atoms with Crippen LogP contribution in [-0.2, 0) is 14.3 Å². The van der Waals surface area contributed by atoms with E-state index in [-0.39, 0.29) is 17.7 Å². The van der Waals surface area contributed by atoms with Gasteiger partial charge in [-0.3, -0.25) is 14.4 Å². The normalized spacial score (nSPS) is 15.4. The molecule has 0 radical (unpaired) electrons. The molecule has 152 valence electrons. The molecule has 1 aliphatic heterocycles. The van der Waals surface area contributed by atoms with E-state index < -0.39 is 12.1 Å². The van der Waals surface area contributed by atoms with Crippen LogP contribution in [0.4, 0.5) is 5.69 Å². The molecule has 1 fully saturated rings. The van der Waals surface area contributed by atoms with E-state index >= 15 is 0 Å². The molecule has 1 N–H and O–H groups in total. The second kappa shape index (κ2) is 9.56. The van der Waals surface area contributed by atoms with Crippen LogP contribution in [0.1, 0.15) is 30.1 Å². The van der Waals surface area contributed by atoms with Crippen molar-refractivity contribution in [3.05, 3.63) is 65.2 Å². The number of esters is 1. The fraction of sp³-hybridized carbons (Fsp3) is 0.318. The van der Waals surface area contributed by atoms with Crippen molar-refractivity contribution in [3.8, 4) is 0 Å². The summed E-state index contributed by atoms with van der Waals surface area (Å²) in [6, 6.07) is 15.7. The van der Waals surface area contributed by atoms with E-state index in [4.69, 9.17) is 16.3 Å². The van der Waals surface area contributed by atoms with Gasteiger partial charge in [-0.25, -0.2) is 0 Å². The van der Waals surface area contributed by atoms with Gasteiger partial charge >= 0.3 is 5.97 Å². The Bertz CT molecular complexity index is 862. The third-order valence-electron chi connectivity index (χ3n) is 4.91. The maximum Gasteiger partial charge on any atom is 0.309 e. The number of carbonyl (C=O) groups is 3. The molecular formula is C22H23ClN2O4. The highest BCUT2D eigenvalue weighted by Crippen LogP contribution is 2.22. The summed E-state index contributed by atoms with van der Waals surface area (Å²) in [6.45, 7) is 2.48. The molecule has 0 unspecified atom stereocenters. The summed E-state index contributed by atoms with van der Waals surface area (Å²) in [7, 11) is 0. The molecule has 1 aliphatic rings. The van der Waals surface area contributed by atoms with Crippen molar-refractivity contribution in [1.29, 1.82) is 0 Å². The summed E-state index contributed by atoms with van der Waals surface area (Å²) >= 11 is 5.86. The zero-order chi connectivity index (χ0) is 20.8. The number of piperidine rings is 1. The van der Waals surface area contributed by atoms with Crippen LogP contribution in [-0.4, -0.2) is 41.9 Å². The first kappa shape index (κ1) is 20.9. The second-order valence-corrected chi connectivity index (χ2v) is 7.44. The molecule has 2 aromatic rings. The van der Waals surface area contributed by atoms with Gasteiger partial charge in [-0.2, -0.15) is 0 Å². The van der Waals surface area contributed by atoms with Gasteiger partial charge in [0.05, 0.1) is 5.92 Å². The molecule has 0 bridgehead atoms. The van der Waals surface area contributed by atoms with Gasteiger partial charge < -0.3 is 15.0 Å². The van der Waals surface area contributed by atoms with Crippen LogP contribution in [0.5, 0.6) is 0 Å². The summed E-state index contributed by atoms with van der Waals surface area (Å²) in [6.07, 6.45) is 0.118. The number of ether oxygens (including phenoxy) is 1. The van der Waals surface area contributed by atoms with Crippen LogP contribution in [0.15, 0.2) is 54.6 Å². The average Bonchev–Trinajstić information content (AvgIpc) is 2.74. The molecular weight excluding hydrogens is 392 g/mol. The van der Waals surface area contributed by atoms with E-state index in [9.17, 15) is 14.4 Å². The number of rotatable bonds is 5. The minimum Gasteiger partial charge on any atom is -0.452 e. The molecule has 0 aromatic heterocycles. The molecule has 2 amide bonds. The average molecular weight is 415 g/mol. The Morgan fingerprint density at radius 3 is 2.28 bits per heavy atom. The molecule has 0 spiro atoms. The number of benzene rings is 2. The van der Waals surface area contributed by atoms with Crippen LogP contribution in [0.2, 0.25) is 5.02 Å². The van der Waals surface area contributed by atoms with Crippen molar-refractivity contribution in [1.82, 2.24) is 4.90 Å². The fourth-order valence-electron chi connectivity index (χ4n) is 3.18. The van der Waals surface area contributed by atoms with Crippen molar-refractivity contribution in [2.75, 3.05) is 18.4 Å². The second-order valence-electron chi connectivity index (χ2n) is 7.01. The van der Waals surface area contributed by atoms with E-state index in [1.807, 2.05) is 18.2 Å². The number of hydrogen-bond donors (Lipinski definition) is 1. The van der Waals surface area contributed by atoms with E-state index in [1.165, 1.54) is 0 Å². The molecule has 1 saturated heterocycles. The maximum atomic E-state index is 12.5. The predicted molar refractivity (Wildman–Crippen MR) is 111 cm³/mol.